The largest absolute Gasteiger partial charge is 0.490 e. The molecule has 2 aromatic rings. The van der Waals surface area contributed by atoms with E-state index in [-0.39, 0.29) is 5.56 Å². The Kier molecular flexibility index (Phi) is 9.05. The molecule has 0 spiro atoms. The highest BCUT2D eigenvalue weighted by atomic mass is 19.4. The Balaban J connectivity index is 0.000000493. The maximum Gasteiger partial charge on any atom is 0.490 e. The van der Waals surface area contributed by atoms with Gasteiger partial charge in [0.15, 0.2) is 5.82 Å². The third-order valence-corrected chi connectivity index (χ3v) is 6.78. The minimum atomic E-state index is -5.08. The van der Waals surface area contributed by atoms with Crippen molar-refractivity contribution in [1.82, 2.24) is 15.1 Å². The number of hydrogen-bond acceptors (Lipinski definition) is 7. The molecule has 1 N–H and O–H groups in total. The number of hydrogen-bond donors (Lipinski definition) is 1. The van der Waals surface area contributed by atoms with Crippen molar-refractivity contribution in [2.24, 2.45) is 5.92 Å². The fourth-order valence-electron chi connectivity index (χ4n) is 4.65. The quantitative estimate of drug-likeness (QED) is 0.410. The van der Waals surface area contributed by atoms with Crippen LogP contribution in [0.1, 0.15) is 28.8 Å². The number of rotatable bonds is 5. The Labute approximate surface area is 230 Å². The lowest BCUT2D eigenvalue weighted by atomic mass is 10.0. The lowest BCUT2D eigenvalue weighted by molar-refractivity contribution is -0.192. The van der Waals surface area contributed by atoms with Crippen LogP contribution in [-0.4, -0.2) is 84.3 Å². The Bertz CT molecular complexity index is 1260. The molecule has 5 rings (SSSR count). The number of carboxylic acid groups (broad SMARTS) is 1. The first-order valence-corrected chi connectivity index (χ1v) is 12.6. The summed E-state index contributed by atoms with van der Waals surface area (Å²) in [6.45, 7) is 3.89. The molecule has 0 bridgehead atoms. The van der Waals surface area contributed by atoms with Gasteiger partial charge in [-0.2, -0.15) is 26.3 Å². The standard InChI is InChI=1S/C24H25F3N4O3.C2HF3O2/c25-24(26,27)20-4-2-1-3-19(20)23(32)31-13-17-11-30(12-18(17)14-31)21-5-6-22(29-28-21)34-15-16-7-9-33-10-8-16;3-2(4,5)1(6)7/h1-6,16H,7-15H2;(H,6,7). The Morgan fingerprint density at radius 3 is 2.07 bits per heavy atom. The van der Waals surface area contributed by atoms with Gasteiger partial charge in [-0.3, -0.25) is 4.79 Å². The van der Waals surface area contributed by atoms with Gasteiger partial charge >= 0.3 is 18.3 Å². The molecule has 0 unspecified atom stereocenters. The van der Waals surface area contributed by atoms with E-state index in [2.05, 4.69) is 10.2 Å². The topological polar surface area (TPSA) is 105 Å². The van der Waals surface area contributed by atoms with Gasteiger partial charge in [0.2, 0.25) is 5.88 Å². The van der Waals surface area contributed by atoms with Crippen molar-refractivity contribution in [1.29, 1.82) is 0 Å². The predicted octanol–water partition coefficient (Wildman–Crippen LogP) is 4.21. The number of amides is 1. The number of benzene rings is 1. The summed E-state index contributed by atoms with van der Waals surface area (Å²) in [5.74, 6) is -1.70. The predicted molar refractivity (Wildman–Crippen MR) is 131 cm³/mol. The molecule has 1 fully saturated rings. The summed E-state index contributed by atoms with van der Waals surface area (Å²) in [7, 11) is 0. The molecular formula is C26H26F6N4O5. The zero-order chi connectivity index (χ0) is 29.8. The minimum Gasteiger partial charge on any atom is -0.476 e. The van der Waals surface area contributed by atoms with Gasteiger partial charge in [0.05, 0.1) is 17.7 Å². The van der Waals surface area contributed by atoms with Gasteiger partial charge in [-0.05, 0) is 48.1 Å². The molecule has 1 saturated heterocycles. The maximum absolute atomic E-state index is 13.3. The van der Waals surface area contributed by atoms with E-state index in [0.29, 0.717) is 50.4 Å². The molecular weight excluding hydrogens is 562 g/mol. The second-order valence-corrected chi connectivity index (χ2v) is 9.67. The average molecular weight is 589 g/mol. The first-order valence-electron chi connectivity index (χ1n) is 12.6. The van der Waals surface area contributed by atoms with Gasteiger partial charge in [-0.25, -0.2) is 4.79 Å². The second-order valence-electron chi connectivity index (χ2n) is 9.67. The number of halogens is 6. The summed E-state index contributed by atoms with van der Waals surface area (Å²) in [6.07, 6.45) is -7.69. The number of ether oxygens (including phenoxy) is 2. The number of aliphatic carboxylic acids is 1. The first-order chi connectivity index (χ1) is 19.3. The SMILES string of the molecule is O=C(O)C(F)(F)F.O=C(c1ccccc1C(F)(F)F)N1CC2=C(C1)CN(c1ccc(OCC3CCOCC3)nn1)C2. The average Bonchev–Trinajstić information content (AvgIpc) is 3.52. The fraction of sp³-hybridized carbons (Fsp3) is 0.462. The van der Waals surface area contributed by atoms with E-state index in [1.54, 1.807) is 6.07 Å². The van der Waals surface area contributed by atoms with E-state index in [1.807, 2.05) is 11.0 Å². The molecule has 0 atom stereocenters. The molecule has 4 heterocycles. The fourth-order valence-corrected chi connectivity index (χ4v) is 4.65. The lowest BCUT2D eigenvalue weighted by Gasteiger charge is -2.24. The highest BCUT2D eigenvalue weighted by Gasteiger charge is 2.39. The summed E-state index contributed by atoms with van der Waals surface area (Å²) < 4.78 is 82.8. The van der Waals surface area contributed by atoms with Crippen molar-refractivity contribution < 1.29 is 50.5 Å². The van der Waals surface area contributed by atoms with Crippen molar-refractivity contribution in [3.63, 3.8) is 0 Å². The summed E-state index contributed by atoms with van der Waals surface area (Å²) in [6, 6.07) is 8.59. The van der Waals surface area contributed by atoms with Crippen molar-refractivity contribution in [2.75, 3.05) is 50.9 Å². The van der Waals surface area contributed by atoms with Gasteiger partial charge in [0.25, 0.3) is 5.91 Å². The molecule has 41 heavy (non-hydrogen) atoms. The number of aromatic nitrogens is 2. The third-order valence-electron chi connectivity index (χ3n) is 6.78. The summed E-state index contributed by atoms with van der Waals surface area (Å²) in [4.78, 5) is 25.3. The molecule has 1 aromatic carbocycles. The van der Waals surface area contributed by atoms with Gasteiger partial charge in [0.1, 0.15) is 0 Å². The van der Waals surface area contributed by atoms with Crippen LogP contribution in [0, 0.1) is 5.92 Å². The van der Waals surface area contributed by atoms with Gasteiger partial charge in [-0.15, -0.1) is 10.2 Å². The van der Waals surface area contributed by atoms with Gasteiger partial charge in [0, 0.05) is 45.5 Å². The number of nitrogens with zero attached hydrogens (tertiary/aromatic N) is 4. The van der Waals surface area contributed by atoms with E-state index >= 15 is 0 Å². The van der Waals surface area contributed by atoms with Crippen LogP contribution >= 0.6 is 0 Å². The van der Waals surface area contributed by atoms with Crippen LogP contribution in [0.25, 0.3) is 0 Å². The van der Waals surface area contributed by atoms with Crippen molar-refractivity contribution in [3.05, 3.63) is 58.7 Å². The minimum absolute atomic E-state index is 0.310. The summed E-state index contributed by atoms with van der Waals surface area (Å²) in [5.41, 5.74) is 0.872. The molecule has 1 aromatic heterocycles. The zero-order valence-electron chi connectivity index (χ0n) is 21.5. The van der Waals surface area contributed by atoms with Crippen molar-refractivity contribution >= 4 is 17.7 Å². The summed E-state index contributed by atoms with van der Waals surface area (Å²) >= 11 is 0. The van der Waals surface area contributed by atoms with Crippen LogP contribution in [0.3, 0.4) is 0 Å². The molecule has 1 amide bonds. The molecule has 0 radical (unpaired) electrons. The van der Waals surface area contributed by atoms with Crippen LogP contribution in [-0.2, 0) is 15.7 Å². The molecule has 0 saturated carbocycles. The molecule has 15 heteroatoms. The maximum atomic E-state index is 13.3. The highest BCUT2D eigenvalue weighted by Crippen LogP contribution is 2.34. The number of carbonyl (C=O) groups excluding carboxylic acids is 1. The Hall–Kier alpha value is -3.88. The first kappa shape index (κ1) is 30.1. The molecule has 3 aliphatic heterocycles. The van der Waals surface area contributed by atoms with E-state index in [4.69, 9.17) is 19.4 Å². The van der Waals surface area contributed by atoms with Crippen LogP contribution < -0.4 is 9.64 Å². The zero-order valence-corrected chi connectivity index (χ0v) is 21.5. The second kappa shape index (κ2) is 12.3. The van der Waals surface area contributed by atoms with Crippen molar-refractivity contribution in [2.45, 2.75) is 25.2 Å². The number of carbonyl (C=O) groups is 2. The van der Waals surface area contributed by atoms with Crippen LogP contribution in [0.4, 0.5) is 32.2 Å². The van der Waals surface area contributed by atoms with E-state index in [1.165, 1.54) is 23.1 Å². The van der Waals surface area contributed by atoms with E-state index in [9.17, 15) is 31.1 Å². The van der Waals surface area contributed by atoms with E-state index in [0.717, 1.165) is 43.3 Å². The number of alkyl halides is 6. The number of carboxylic acids is 1. The monoisotopic (exact) mass is 588 g/mol. The summed E-state index contributed by atoms with van der Waals surface area (Å²) in [5, 5.41) is 15.6. The van der Waals surface area contributed by atoms with Crippen LogP contribution in [0.15, 0.2) is 47.5 Å². The van der Waals surface area contributed by atoms with Gasteiger partial charge < -0.3 is 24.4 Å². The van der Waals surface area contributed by atoms with Crippen molar-refractivity contribution in [3.8, 4) is 5.88 Å². The normalized spacial score (nSPS) is 17.7. The highest BCUT2D eigenvalue weighted by molar-refractivity contribution is 5.96. The molecule has 9 nitrogen and oxygen atoms in total. The van der Waals surface area contributed by atoms with E-state index < -0.39 is 29.8 Å². The molecule has 3 aliphatic rings. The molecule has 222 valence electrons. The Morgan fingerprint density at radius 1 is 0.927 bits per heavy atom. The van der Waals surface area contributed by atoms with Crippen LogP contribution in [0.5, 0.6) is 5.88 Å². The molecule has 0 aliphatic carbocycles. The van der Waals surface area contributed by atoms with Gasteiger partial charge in [-0.1, -0.05) is 12.1 Å². The smallest absolute Gasteiger partial charge is 0.476 e. The number of anilines is 1. The lowest BCUT2D eigenvalue weighted by Crippen LogP contribution is -2.35. The third kappa shape index (κ3) is 7.65. The Morgan fingerprint density at radius 2 is 1.54 bits per heavy atom. The van der Waals surface area contributed by atoms with Crippen LogP contribution in [0.2, 0.25) is 0 Å².